The molecule has 0 spiro atoms. The standard InChI is InChI=1S/C17H18N2S/c1-2-13-7-3-5-9-15(13)18-17(20)19-12-11-14-8-4-6-10-16(14)19/h3-10H,2,11-12H2,1H3,(H,18,20). The lowest BCUT2D eigenvalue weighted by atomic mass is 10.1. The predicted molar refractivity (Wildman–Crippen MR) is 89.5 cm³/mol. The Labute approximate surface area is 125 Å². The zero-order valence-corrected chi connectivity index (χ0v) is 12.4. The Kier molecular flexibility index (Phi) is 3.70. The summed E-state index contributed by atoms with van der Waals surface area (Å²) in [6.45, 7) is 3.12. The van der Waals surface area contributed by atoms with Crippen LogP contribution in [0.3, 0.4) is 0 Å². The molecule has 0 bridgehead atoms. The number of thiocarbonyl (C=S) groups is 1. The molecule has 0 aliphatic carbocycles. The highest BCUT2D eigenvalue weighted by molar-refractivity contribution is 7.80. The van der Waals surface area contributed by atoms with E-state index in [2.05, 4.69) is 59.6 Å². The number of hydrogen-bond donors (Lipinski definition) is 1. The van der Waals surface area contributed by atoms with E-state index in [1.165, 1.54) is 16.8 Å². The summed E-state index contributed by atoms with van der Waals surface area (Å²) in [5.74, 6) is 0. The van der Waals surface area contributed by atoms with Gasteiger partial charge in [-0.15, -0.1) is 0 Å². The van der Waals surface area contributed by atoms with Gasteiger partial charge >= 0.3 is 0 Å². The van der Waals surface area contributed by atoms with Gasteiger partial charge in [-0.1, -0.05) is 43.3 Å². The number of benzene rings is 2. The van der Waals surface area contributed by atoms with Crippen LogP contribution in [0.5, 0.6) is 0 Å². The Hall–Kier alpha value is -1.87. The van der Waals surface area contributed by atoms with Crippen molar-refractivity contribution >= 4 is 28.7 Å². The molecule has 1 aliphatic heterocycles. The van der Waals surface area contributed by atoms with Crippen LogP contribution in [0.4, 0.5) is 11.4 Å². The smallest absolute Gasteiger partial charge is 0.177 e. The molecule has 2 aromatic carbocycles. The van der Waals surface area contributed by atoms with Crippen LogP contribution in [0.1, 0.15) is 18.1 Å². The summed E-state index contributed by atoms with van der Waals surface area (Å²) in [6.07, 6.45) is 2.07. The van der Waals surface area contributed by atoms with Gasteiger partial charge in [-0.25, -0.2) is 0 Å². The van der Waals surface area contributed by atoms with Crippen LogP contribution in [0.2, 0.25) is 0 Å². The second-order valence-corrected chi connectivity index (χ2v) is 5.36. The lowest BCUT2D eigenvalue weighted by Gasteiger charge is -2.22. The van der Waals surface area contributed by atoms with E-state index in [9.17, 15) is 0 Å². The molecular weight excluding hydrogens is 264 g/mol. The summed E-state index contributed by atoms with van der Waals surface area (Å²) in [6, 6.07) is 16.8. The number of rotatable bonds is 2. The number of nitrogens with zero attached hydrogens (tertiary/aromatic N) is 1. The van der Waals surface area contributed by atoms with E-state index >= 15 is 0 Å². The zero-order chi connectivity index (χ0) is 13.9. The number of anilines is 2. The van der Waals surface area contributed by atoms with Crippen LogP contribution < -0.4 is 10.2 Å². The fourth-order valence-electron chi connectivity index (χ4n) is 2.68. The van der Waals surface area contributed by atoms with Gasteiger partial charge in [0.1, 0.15) is 0 Å². The van der Waals surface area contributed by atoms with Gasteiger partial charge in [-0.05, 0) is 48.3 Å². The Morgan fingerprint density at radius 2 is 1.90 bits per heavy atom. The van der Waals surface area contributed by atoms with Crippen molar-refractivity contribution in [2.45, 2.75) is 19.8 Å². The molecule has 20 heavy (non-hydrogen) atoms. The van der Waals surface area contributed by atoms with E-state index in [1.54, 1.807) is 0 Å². The van der Waals surface area contributed by atoms with E-state index in [0.717, 1.165) is 30.2 Å². The Morgan fingerprint density at radius 3 is 2.75 bits per heavy atom. The summed E-state index contributed by atoms with van der Waals surface area (Å²) >= 11 is 5.59. The van der Waals surface area contributed by atoms with Crippen LogP contribution in [0.25, 0.3) is 0 Å². The molecule has 0 atom stereocenters. The molecular formula is C17H18N2S. The summed E-state index contributed by atoms with van der Waals surface area (Å²) in [5, 5.41) is 4.19. The fraction of sp³-hybridized carbons (Fsp3) is 0.235. The number of hydrogen-bond acceptors (Lipinski definition) is 1. The molecule has 2 nitrogen and oxygen atoms in total. The van der Waals surface area contributed by atoms with E-state index in [-0.39, 0.29) is 0 Å². The van der Waals surface area contributed by atoms with Crippen molar-refractivity contribution in [3.63, 3.8) is 0 Å². The monoisotopic (exact) mass is 282 g/mol. The minimum atomic E-state index is 0.788. The topological polar surface area (TPSA) is 15.3 Å². The first kappa shape index (κ1) is 13.1. The first-order valence-electron chi connectivity index (χ1n) is 7.04. The van der Waals surface area contributed by atoms with Gasteiger partial charge in [0.05, 0.1) is 0 Å². The van der Waals surface area contributed by atoms with E-state index in [4.69, 9.17) is 12.2 Å². The molecule has 1 heterocycles. The highest BCUT2D eigenvalue weighted by Crippen LogP contribution is 2.28. The van der Waals surface area contributed by atoms with Crippen LogP contribution >= 0.6 is 12.2 Å². The molecule has 102 valence electrons. The van der Waals surface area contributed by atoms with Crippen LogP contribution in [-0.2, 0) is 12.8 Å². The van der Waals surface area contributed by atoms with Gasteiger partial charge in [-0.2, -0.15) is 0 Å². The van der Waals surface area contributed by atoms with Crippen LogP contribution in [-0.4, -0.2) is 11.7 Å². The number of aryl methyl sites for hydroxylation is 1. The van der Waals surface area contributed by atoms with Gasteiger partial charge in [-0.3, -0.25) is 0 Å². The highest BCUT2D eigenvalue weighted by atomic mass is 32.1. The summed E-state index contributed by atoms with van der Waals surface area (Å²) < 4.78 is 0. The second kappa shape index (κ2) is 5.63. The molecule has 0 aromatic heterocycles. The molecule has 3 rings (SSSR count). The molecule has 0 radical (unpaired) electrons. The molecule has 0 amide bonds. The predicted octanol–water partition coefficient (Wildman–Crippen LogP) is 4.01. The van der Waals surface area contributed by atoms with Gasteiger partial charge in [0, 0.05) is 17.9 Å². The van der Waals surface area contributed by atoms with Crippen molar-refractivity contribution in [3.8, 4) is 0 Å². The van der Waals surface area contributed by atoms with Gasteiger partial charge in [0.25, 0.3) is 0 Å². The maximum atomic E-state index is 5.59. The summed E-state index contributed by atoms with van der Waals surface area (Å²) in [7, 11) is 0. The lowest BCUT2D eigenvalue weighted by molar-refractivity contribution is 1.03. The molecule has 3 heteroatoms. The number of fused-ring (bicyclic) bond motifs is 1. The van der Waals surface area contributed by atoms with Crippen molar-refractivity contribution in [3.05, 3.63) is 59.7 Å². The van der Waals surface area contributed by atoms with Gasteiger partial charge in [0.15, 0.2) is 5.11 Å². The Morgan fingerprint density at radius 1 is 1.15 bits per heavy atom. The van der Waals surface area contributed by atoms with Gasteiger partial charge < -0.3 is 10.2 Å². The fourth-order valence-corrected chi connectivity index (χ4v) is 2.98. The third-order valence-corrected chi connectivity index (χ3v) is 4.09. The van der Waals surface area contributed by atoms with Crippen molar-refractivity contribution < 1.29 is 0 Å². The second-order valence-electron chi connectivity index (χ2n) is 4.97. The first-order valence-corrected chi connectivity index (χ1v) is 7.44. The number of nitrogens with one attached hydrogen (secondary N) is 1. The van der Waals surface area contributed by atoms with Crippen molar-refractivity contribution in [1.82, 2.24) is 0 Å². The largest absolute Gasteiger partial charge is 0.332 e. The highest BCUT2D eigenvalue weighted by Gasteiger charge is 2.21. The first-order chi connectivity index (χ1) is 9.79. The normalized spacial score (nSPS) is 13.2. The maximum absolute atomic E-state index is 5.59. The zero-order valence-electron chi connectivity index (χ0n) is 11.6. The van der Waals surface area contributed by atoms with Crippen molar-refractivity contribution in [2.24, 2.45) is 0 Å². The quantitative estimate of drug-likeness (QED) is 0.838. The minimum Gasteiger partial charge on any atom is -0.332 e. The van der Waals surface area contributed by atoms with E-state index in [0.29, 0.717) is 0 Å². The molecule has 0 unspecified atom stereocenters. The third-order valence-electron chi connectivity index (χ3n) is 3.77. The average Bonchev–Trinajstić information content (AvgIpc) is 2.92. The van der Waals surface area contributed by atoms with Crippen molar-refractivity contribution in [1.29, 1.82) is 0 Å². The van der Waals surface area contributed by atoms with Crippen LogP contribution in [0, 0.1) is 0 Å². The van der Waals surface area contributed by atoms with Crippen molar-refractivity contribution in [2.75, 3.05) is 16.8 Å². The molecule has 1 aliphatic rings. The summed E-state index contributed by atoms with van der Waals surface area (Å²) in [4.78, 5) is 2.19. The SMILES string of the molecule is CCc1ccccc1NC(=S)N1CCc2ccccc21. The van der Waals surface area contributed by atoms with Crippen LogP contribution in [0.15, 0.2) is 48.5 Å². The lowest BCUT2D eigenvalue weighted by Crippen LogP contribution is -2.33. The maximum Gasteiger partial charge on any atom is 0.177 e. The molecule has 1 N–H and O–H groups in total. The summed E-state index contributed by atoms with van der Waals surface area (Å²) in [5.41, 5.74) is 5.02. The van der Waals surface area contributed by atoms with E-state index in [1.807, 2.05) is 6.07 Å². The number of para-hydroxylation sites is 2. The Bertz CT molecular complexity index is 636. The third kappa shape index (κ3) is 2.41. The average molecular weight is 282 g/mol. The Balaban J connectivity index is 1.81. The van der Waals surface area contributed by atoms with Gasteiger partial charge in [0.2, 0.25) is 0 Å². The molecule has 0 saturated heterocycles. The molecule has 2 aromatic rings. The van der Waals surface area contributed by atoms with E-state index < -0.39 is 0 Å². The minimum absolute atomic E-state index is 0.788. The molecule has 0 fully saturated rings. The molecule has 0 saturated carbocycles.